The Bertz CT molecular complexity index is 541. The highest BCUT2D eigenvalue weighted by molar-refractivity contribution is 6.37. The summed E-state index contributed by atoms with van der Waals surface area (Å²) in [6.45, 7) is 0.522. The third-order valence-electron chi connectivity index (χ3n) is 2.90. The molecular formula is C11H11N3O4. The summed E-state index contributed by atoms with van der Waals surface area (Å²) in [6.07, 6.45) is 0.649. The lowest BCUT2D eigenvalue weighted by Gasteiger charge is -2.24. The number of amides is 1. The summed E-state index contributed by atoms with van der Waals surface area (Å²) in [5, 5.41) is 13.6. The molecule has 0 radical (unpaired) electrons. The number of nitro groups is 1. The molecule has 18 heavy (non-hydrogen) atoms. The first kappa shape index (κ1) is 12.2. The van der Waals surface area contributed by atoms with Gasteiger partial charge in [0.2, 0.25) is 5.78 Å². The first-order valence-electron chi connectivity index (χ1n) is 5.35. The molecule has 1 unspecified atom stereocenters. The quantitative estimate of drug-likeness (QED) is 0.438. The van der Waals surface area contributed by atoms with Crippen molar-refractivity contribution in [3.8, 4) is 0 Å². The minimum absolute atomic E-state index is 0.111. The molecular weight excluding hydrogens is 238 g/mol. The summed E-state index contributed by atoms with van der Waals surface area (Å²) in [6, 6.07) is 3.42. The molecule has 7 nitrogen and oxygen atoms in total. The molecule has 2 rings (SSSR count). The van der Waals surface area contributed by atoms with E-state index in [2.05, 4.69) is 5.32 Å². The van der Waals surface area contributed by atoms with Crippen molar-refractivity contribution < 1.29 is 14.5 Å². The van der Waals surface area contributed by atoms with Crippen LogP contribution in [0, 0.1) is 10.1 Å². The third-order valence-corrected chi connectivity index (χ3v) is 2.90. The van der Waals surface area contributed by atoms with Crippen molar-refractivity contribution in [1.82, 2.24) is 5.32 Å². The van der Waals surface area contributed by atoms with Gasteiger partial charge in [-0.2, -0.15) is 0 Å². The van der Waals surface area contributed by atoms with Gasteiger partial charge in [-0.3, -0.25) is 19.7 Å². The van der Waals surface area contributed by atoms with E-state index in [-0.39, 0.29) is 5.69 Å². The predicted octanol–water partition coefficient (Wildman–Crippen LogP) is -0.164. The molecule has 1 aromatic rings. The molecule has 0 spiro atoms. The number of nitrogens with two attached hydrogens (primary N) is 1. The van der Waals surface area contributed by atoms with Crippen molar-refractivity contribution in [2.45, 2.75) is 12.5 Å². The van der Waals surface area contributed by atoms with Crippen LogP contribution in [-0.4, -0.2) is 23.2 Å². The van der Waals surface area contributed by atoms with E-state index in [1.165, 1.54) is 12.1 Å². The van der Waals surface area contributed by atoms with Crippen LogP contribution in [0.15, 0.2) is 18.2 Å². The maximum absolute atomic E-state index is 11.6. The average Bonchev–Trinajstić information content (AvgIpc) is 2.36. The largest absolute Gasteiger partial charge is 0.363 e. The van der Waals surface area contributed by atoms with Gasteiger partial charge in [0.05, 0.1) is 4.92 Å². The Hall–Kier alpha value is -2.28. The first-order valence-corrected chi connectivity index (χ1v) is 5.35. The maximum Gasteiger partial charge on any atom is 0.286 e. The van der Waals surface area contributed by atoms with E-state index >= 15 is 0 Å². The number of hydrogen-bond donors (Lipinski definition) is 2. The van der Waals surface area contributed by atoms with Gasteiger partial charge in [-0.05, 0) is 17.5 Å². The molecule has 0 saturated heterocycles. The highest BCUT2D eigenvalue weighted by atomic mass is 16.6. The fourth-order valence-electron chi connectivity index (χ4n) is 2.03. The van der Waals surface area contributed by atoms with Crippen molar-refractivity contribution in [2.75, 3.05) is 6.54 Å². The minimum Gasteiger partial charge on any atom is -0.363 e. The van der Waals surface area contributed by atoms with Crippen LogP contribution in [0.2, 0.25) is 0 Å². The molecule has 0 fully saturated rings. The van der Waals surface area contributed by atoms with Gasteiger partial charge in [-0.1, -0.05) is 6.07 Å². The zero-order chi connectivity index (χ0) is 13.3. The smallest absolute Gasteiger partial charge is 0.286 e. The van der Waals surface area contributed by atoms with Crippen molar-refractivity contribution in [3.63, 3.8) is 0 Å². The van der Waals surface area contributed by atoms with Crippen molar-refractivity contribution >= 4 is 17.4 Å². The number of Topliss-reactive ketones (excluding diaryl/α,β-unsaturated/α-hetero) is 1. The fraction of sp³-hybridized carbons (Fsp3) is 0.273. The zero-order valence-corrected chi connectivity index (χ0v) is 9.38. The zero-order valence-electron chi connectivity index (χ0n) is 9.38. The number of primary amides is 1. The average molecular weight is 249 g/mol. The topological polar surface area (TPSA) is 115 Å². The van der Waals surface area contributed by atoms with Crippen LogP contribution in [0.4, 0.5) is 5.69 Å². The van der Waals surface area contributed by atoms with E-state index in [4.69, 9.17) is 5.73 Å². The van der Waals surface area contributed by atoms with Gasteiger partial charge in [0.25, 0.3) is 11.6 Å². The Labute approximate surface area is 102 Å². The number of benzene rings is 1. The molecule has 1 heterocycles. The molecule has 0 saturated carbocycles. The van der Waals surface area contributed by atoms with E-state index in [9.17, 15) is 19.7 Å². The highest BCUT2D eigenvalue weighted by Crippen LogP contribution is 2.27. The monoisotopic (exact) mass is 249 g/mol. The van der Waals surface area contributed by atoms with Crippen LogP contribution in [0.3, 0.4) is 0 Å². The number of non-ortho nitro benzene ring substituents is 1. The molecule has 0 bridgehead atoms. The first-order chi connectivity index (χ1) is 8.50. The van der Waals surface area contributed by atoms with E-state index in [0.29, 0.717) is 18.5 Å². The van der Waals surface area contributed by atoms with Gasteiger partial charge in [-0.25, -0.2) is 0 Å². The SMILES string of the molecule is NC(=O)C(=O)C1NCCc2ccc([N+](=O)[O-])cc21. The van der Waals surface area contributed by atoms with E-state index in [1.807, 2.05) is 0 Å². The predicted molar refractivity (Wildman–Crippen MR) is 61.7 cm³/mol. The lowest BCUT2D eigenvalue weighted by Crippen LogP contribution is -2.40. The second-order valence-corrected chi connectivity index (χ2v) is 4.01. The molecule has 0 aliphatic carbocycles. The minimum atomic E-state index is -1.05. The Morgan fingerprint density at radius 2 is 2.17 bits per heavy atom. The number of fused-ring (bicyclic) bond motifs is 1. The molecule has 0 aromatic heterocycles. The number of nitrogens with one attached hydrogen (secondary N) is 1. The summed E-state index contributed by atoms with van der Waals surface area (Å²) in [7, 11) is 0. The van der Waals surface area contributed by atoms with Crippen molar-refractivity contribution in [2.24, 2.45) is 5.73 Å². The number of hydrogen-bond acceptors (Lipinski definition) is 5. The number of rotatable bonds is 3. The summed E-state index contributed by atoms with van der Waals surface area (Å²) < 4.78 is 0. The molecule has 7 heteroatoms. The lowest BCUT2D eigenvalue weighted by atomic mass is 9.91. The van der Waals surface area contributed by atoms with Gasteiger partial charge in [0, 0.05) is 18.7 Å². The normalized spacial score (nSPS) is 17.9. The van der Waals surface area contributed by atoms with Crippen molar-refractivity contribution in [3.05, 3.63) is 39.4 Å². The van der Waals surface area contributed by atoms with Crippen LogP contribution in [0.25, 0.3) is 0 Å². The summed E-state index contributed by atoms with van der Waals surface area (Å²) in [5.41, 5.74) is 6.12. The molecule has 94 valence electrons. The van der Waals surface area contributed by atoms with Crippen LogP contribution in [-0.2, 0) is 16.0 Å². The molecule has 1 aliphatic heterocycles. The lowest BCUT2D eigenvalue weighted by molar-refractivity contribution is -0.384. The second-order valence-electron chi connectivity index (χ2n) is 4.01. The van der Waals surface area contributed by atoms with Crippen LogP contribution >= 0.6 is 0 Å². The number of carbonyl (C=O) groups is 2. The Morgan fingerprint density at radius 3 is 2.78 bits per heavy atom. The van der Waals surface area contributed by atoms with E-state index < -0.39 is 22.7 Å². The van der Waals surface area contributed by atoms with E-state index in [1.54, 1.807) is 6.07 Å². The number of nitrogens with zero attached hydrogens (tertiary/aromatic N) is 1. The maximum atomic E-state index is 11.6. The molecule has 1 aromatic carbocycles. The van der Waals surface area contributed by atoms with E-state index in [0.717, 1.165) is 5.56 Å². The number of carbonyl (C=O) groups excluding carboxylic acids is 2. The van der Waals surface area contributed by atoms with Crippen molar-refractivity contribution in [1.29, 1.82) is 0 Å². The van der Waals surface area contributed by atoms with Gasteiger partial charge >= 0.3 is 0 Å². The van der Waals surface area contributed by atoms with Crippen LogP contribution in [0.5, 0.6) is 0 Å². The van der Waals surface area contributed by atoms with Gasteiger partial charge in [0.1, 0.15) is 6.04 Å². The van der Waals surface area contributed by atoms with Gasteiger partial charge < -0.3 is 11.1 Å². The van der Waals surface area contributed by atoms with Gasteiger partial charge in [0.15, 0.2) is 0 Å². The molecule has 1 atom stereocenters. The standard InChI is InChI=1S/C11H11N3O4/c12-11(16)10(15)9-8-5-7(14(17)18)2-1-6(8)3-4-13-9/h1-2,5,9,13H,3-4H2,(H2,12,16). The van der Waals surface area contributed by atoms with Gasteiger partial charge in [-0.15, -0.1) is 0 Å². The number of nitro benzene ring substituents is 1. The summed E-state index contributed by atoms with van der Waals surface area (Å²) >= 11 is 0. The molecule has 1 aliphatic rings. The Morgan fingerprint density at radius 1 is 1.44 bits per heavy atom. The van der Waals surface area contributed by atoms with Crippen LogP contribution in [0.1, 0.15) is 17.2 Å². The highest BCUT2D eigenvalue weighted by Gasteiger charge is 2.30. The molecule has 1 amide bonds. The second kappa shape index (κ2) is 4.53. The fourth-order valence-corrected chi connectivity index (χ4v) is 2.03. The number of ketones is 1. The summed E-state index contributed by atoms with van der Waals surface area (Å²) in [5.74, 6) is -1.83. The third kappa shape index (κ3) is 2.07. The molecule has 3 N–H and O–H groups in total. The Balaban J connectivity index is 2.46. The van der Waals surface area contributed by atoms with Crippen LogP contribution < -0.4 is 11.1 Å². The summed E-state index contributed by atoms with van der Waals surface area (Å²) in [4.78, 5) is 32.7. The Kier molecular flexibility index (Phi) is 3.07.